The van der Waals surface area contributed by atoms with Crippen molar-refractivity contribution in [1.29, 1.82) is 0 Å². The highest BCUT2D eigenvalue weighted by atomic mass is 32.2. The molecule has 15 heavy (non-hydrogen) atoms. The summed E-state index contributed by atoms with van der Waals surface area (Å²) < 4.78 is 24.2. The van der Waals surface area contributed by atoms with Crippen LogP contribution in [-0.2, 0) is 10.2 Å². The van der Waals surface area contributed by atoms with Gasteiger partial charge in [0.05, 0.1) is 0 Å². The second kappa shape index (κ2) is 5.79. The first-order valence-electron chi connectivity index (χ1n) is 5.55. The lowest BCUT2D eigenvalue weighted by Crippen LogP contribution is -2.45. The first-order chi connectivity index (χ1) is 7.05. The van der Waals surface area contributed by atoms with E-state index in [-0.39, 0.29) is 6.04 Å². The standard InChI is InChI=1S/C9H21N3O2S/c10-7-4-8-12(15(11,13)14)9-5-2-1-3-6-9/h9H,1-8,10H2,(H2,11,13,14). The highest BCUT2D eigenvalue weighted by Gasteiger charge is 2.27. The zero-order chi connectivity index (χ0) is 11.3. The van der Waals surface area contributed by atoms with Gasteiger partial charge in [0, 0.05) is 12.6 Å². The molecule has 0 amide bonds. The van der Waals surface area contributed by atoms with Crippen LogP contribution < -0.4 is 10.9 Å². The van der Waals surface area contributed by atoms with Gasteiger partial charge >= 0.3 is 0 Å². The molecule has 1 aliphatic rings. The summed E-state index contributed by atoms with van der Waals surface area (Å²) in [6.45, 7) is 0.957. The quantitative estimate of drug-likeness (QED) is 0.712. The first-order valence-corrected chi connectivity index (χ1v) is 7.05. The molecule has 0 aromatic rings. The summed E-state index contributed by atoms with van der Waals surface area (Å²) in [5.74, 6) is 0. The van der Waals surface area contributed by atoms with E-state index in [4.69, 9.17) is 10.9 Å². The van der Waals surface area contributed by atoms with E-state index in [1.54, 1.807) is 0 Å². The molecule has 0 spiro atoms. The van der Waals surface area contributed by atoms with Crippen molar-refractivity contribution in [3.8, 4) is 0 Å². The Kier molecular flexibility index (Phi) is 4.98. The van der Waals surface area contributed by atoms with E-state index in [0.717, 1.165) is 25.7 Å². The summed E-state index contributed by atoms with van der Waals surface area (Å²) in [6, 6.07) is 0.0975. The van der Waals surface area contributed by atoms with Crippen molar-refractivity contribution < 1.29 is 8.42 Å². The van der Waals surface area contributed by atoms with Crippen molar-refractivity contribution >= 4 is 10.2 Å². The van der Waals surface area contributed by atoms with Crippen LogP contribution in [0, 0.1) is 0 Å². The summed E-state index contributed by atoms with van der Waals surface area (Å²) in [4.78, 5) is 0. The van der Waals surface area contributed by atoms with Gasteiger partial charge in [0.1, 0.15) is 0 Å². The zero-order valence-corrected chi connectivity index (χ0v) is 9.88. The van der Waals surface area contributed by atoms with E-state index in [2.05, 4.69) is 0 Å². The minimum absolute atomic E-state index is 0.0975. The molecular formula is C9H21N3O2S. The minimum Gasteiger partial charge on any atom is -0.330 e. The lowest BCUT2D eigenvalue weighted by atomic mass is 9.95. The monoisotopic (exact) mass is 235 g/mol. The fourth-order valence-electron chi connectivity index (χ4n) is 2.13. The Hall–Kier alpha value is -0.170. The molecule has 0 unspecified atom stereocenters. The number of nitrogens with two attached hydrogens (primary N) is 2. The first kappa shape index (κ1) is 12.9. The molecule has 5 nitrogen and oxygen atoms in total. The molecule has 90 valence electrons. The van der Waals surface area contributed by atoms with Crippen LogP contribution in [0.25, 0.3) is 0 Å². The number of hydrogen-bond donors (Lipinski definition) is 2. The van der Waals surface area contributed by atoms with Gasteiger partial charge in [-0.25, -0.2) is 5.14 Å². The molecule has 6 heteroatoms. The van der Waals surface area contributed by atoms with Crippen molar-refractivity contribution in [2.24, 2.45) is 10.9 Å². The van der Waals surface area contributed by atoms with Crippen molar-refractivity contribution in [1.82, 2.24) is 4.31 Å². The minimum atomic E-state index is -3.56. The smallest absolute Gasteiger partial charge is 0.277 e. The predicted molar refractivity (Wildman–Crippen MR) is 60.4 cm³/mol. The Labute approximate surface area is 92.0 Å². The Morgan fingerprint density at radius 1 is 1.20 bits per heavy atom. The van der Waals surface area contributed by atoms with Crippen LogP contribution in [0.4, 0.5) is 0 Å². The van der Waals surface area contributed by atoms with Crippen LogP contribution in [0.1, 0.15) is 38.5 Å². The van der Waals surface area contributed by atoms with Gasteiger partial charge in [-0.05, 0) is 25.8 Å². The third kappa shape index (κ3) is 4.06. The maximum absolute atomic E-state index is 11.4. The summed E-state index contributed by atoms with van der Waals surface area (Å²) in [5.41, 5.74) is 5.39. The average Bonchev–Trinajstić information content (AvgIpc) is 2.18. The number of rotatable bonds is 5. The third-order valence-electron chi connectivity index (χ3n) is 2.89. The topological polar surface area (TPSA) is 89.4 Å². The molecule has 0 aliphatic heterocycles. The SMILES string of the molecule is NCCCN(C1CCCCC1)S(N)(=O)=O. The molecular weight excluding hydrogens is 214 g/mol. The molecule has 0 atom stereocenters. The van der Waals surface area contributed by atoms with Crippen LogP contribution in [0.2, 0.25) is 0 Å². The Morgan fingerprint density at radius 2 is 1.80 bits per heavy atom. The van der Waals surface area contributed by atoms with Gasteiger partial charge < -0.3 is 5.73 Å². The van der Waals surface area contributed by atoms with Gasteiger partial charge in [-0.15, -0.1) is 0 Å². The van der Waals surface area contributed by atoms with Gasteiger partial charge in [-0.1, -0.05) is 19.3 Å². The highest BCUT2D eigenvalue weighted by molar-refractivity contribution is 7.86. The summed E-state index contributed by atoms with van der Waals surface area (Å²) in [5, 5.41) is 5.21. The Morgan fingerprint density at radius 3 is 2.27 bits per heavy atom. The molecule has 0 saturated heterocycles. The van der Waals surface area contributed by atoms with E-state index in [1.165, 1.54) is 10.7 Å². The van der Waals surface area contributed by atoms with E-state index in [9.17, 15) is 8.42 Å². The number of hydrogen-bond acceptors (Lipinski definition) is 3. The van der Waals surface area contributed by atoms with E-state index in [1.807, 2.05) is 0 Å². The Balaban J connectivity index is 2.62. The predicted octanol–water partition coefficient (Wildman–Crippen LogP) is 0.173. The van der Waals surface area contributed by atoms with E-state index in [0.29, 0.717) is 19.5 Å². The maximum atomic E-state index is 11.4. The fraction of sp³-hybridized carbons (Fsp3) is 1.00. The van der Waals surface area contributed by atoms with Gasteiger partial charge in [0.15, 0.2) is 0 Å². The van der Waals surface area contributed by atoms with Crippen molar-refractivity contribution in [2.75, 3.05) is 13.1 Å². The normalized spacial score (nSPS) is 19.7. The lowest BCUT2D eigenvalue weighted by Gasteiger charge is -2.31. The van der Waals surface area contributed by atoms with Crippen LogP contribution >= 0.6 is 0 Å². The summed E-state index contributed by atoms with van der Waals surface area (Å²) >= 11 is 0. The van der Waals surface area contributed by atoms with E-state index < -0.39 is 10.2 Å². The molecule has 0 aromatic heterocycles. The molecule has 0 heterocycles. The zero-order valence-electron chi connectivity index (χ0n) is 9.06. The molecule has 1 rings (SSSR count). The lowest BCUT2D eigenvalue weighted by molar-refractivity contribution is 0.252. The second-order valence-electron chi connectivity index (χ2n) is 4.09. The second-order valence-corrected chi connectivity index (χ2v) is 5.59. The van der Waals surface area contributed by atoms with E-state index >= 15 is 0 Å². The van der Waals surface area contributed by atoms with Gasteiger partial charge in [0.25, 0.3) is 10.2 Å². The molecule has 0 radical (unpaired) electrons. The van der Waals surface area contributed by atoms with Crippen molar-refractivity contribution in [2.45, 2.75) is 44.6 Å². The molecule has 1 fully saturated rings. The van der Waals surface area contributed by atoms with Gasteiger partial charge in [-0.2, -0.15) is 12.7 Å². The maximum Gasteiger partial charge on any atom is 0.277 e. The van der Waals surface area contributed by atoms with Crippen LogP contribution in [0.15, 0.2) is 0 Å². The summed E-state index contributed by atoms with van der Waals surface area (Å²) in [6.07, 6.45) is 5.93. The Bertz CT molecular complexity index is 273. The fourth-order valence-corrected chi connectivity index (χ4v) is 3.14. The van der Waals surface area contributed by atoms with Gasteiger partial charge in [0.2, 0.25) is 0 Å². The third-order valence-corrected chi connectivity index (χ3v) is 4.03. The molecule has 4 N–H and O–H groups in total. The highest BCUT2D eigenvalue weighted by Crippen LogP contribution is 2.23. The van der Waals surface area contributed by atoms with Crippen LogP contribution in [0.3, 0.4) is 0 Å². The van der Waals surface area contributed by atoms with Gasteiger partial charge in [-0.3, -0.25) is 0 Å². The largest absolute Gasteiger partial charge is 0.330 e. The van der Waals surface area contributed by atoms with Crippen LogP contribution in [0.5, 0.6) is 0 Å². The summed E-state index contributed by atoms with van der Waals surface area (Å²) in [7, 11) is -3.56. The molecule has 0 aromatic carbocycles. The van der Waals surface area contributed by atoms with Crippen molar-refractivity contribution in [3.63, 3.8) is 0 Å². The van der Waals surface area contributed by atoms with Crippen molar-refractivity contribution in [3.05, 3.63) is 0 Å². The van der Waals surface area contributed by atoms with Crippen LogP contribution in [-0.4, -0.2) is 31.9 Å². The number of nitrogens with zero attached hydrogens (tertiary/aromatic N) is 1. The molecule has 1 aliphatic carbocycles. The molecule has 0 bridgehead atoms. The molecule has 1 saturated carbocycles. The average molecular weight is 235 g/mol.